The van der Waals surface area contributed by atoms with E-state index in [2.05, 4.69) is 0 Å². The summed E-state index contributed by atoms with van der Waals surface area (Å²) in [4.78, 5) is -0.549. The van der Waals surface area contributed by atoms with E-state index in [-0.39, 0.29) is 23.8 Å². The zero-order chi connectivity index (χ0) is 14.2. The van der Waals surface area contributed by atoms with Gasteiger partial charge in [0.2, 0.25) is 10.0 Å². The van der Waals surface area contributed by atoms with Crippen molar-refractivity contribution in [2.45, 2.75) is 23.8 Å². The van der Waals surface area contributed by atoms with E-state index in [4.69, 9.17) is 17.3 Å². The van der Waals surface area contributed by atoms with Crippen LogP contribution in [0.4, 0.5) is 10.1 Å². The smallest absolute Gasteiger partial charge is 0.246 e. The predicted octanol–water partition coefficient (Wildman–Crippen LogP) is 1.21. The van der Waals surface area contributed by atoms with Gasteiger partial charge in [-0.3, -0.25) is 0 Å². The molecular formula is C11H14ClFN2O3S. The maximum atomic E-state index is 13.9. The van der Waals surface area contributed by atoms with E-state index in [0.29, 0.717) is 12.8 Å². The van der Waals surface area contributed by atoms with Gasteiger partial charge in [0.15, 0.2) is 5.82 Å². The third-order valence-electron chi connectivity index (χ3n) is 2.99. The fourth-order valence-corrected chi connectivity index (χ4v) is 3.97. The Morgan fingerprint density at radius 3 is 2.79 bits per heavy atom. The number of nitrogen functional groups attached to an aromatic ring is 1. The van der Waals surface area contributed by atoms with Crippen molar-refractivity contribution in [1.29, 1.82) is 0 Å². The number of piperidine rings is 1. The molecule has 3 N–H and O–H groups in total. The SMILES string of the molecule is Nc1cc(Cl)c(F)c(S(=O)(=O)N2CCC[C@H](O)C2)c1. The lowest BCUT2D eigenvalue weighted by molar-refractivity contribution is 0.108. The van der Waals surface area contributed by atoms with Crippen molar-refractivity contribution >= 4 is 27.3 Å². The first-order valence-electron chi connectivity index (χ1n) is 5.75. The Labute approximate surface area is 115 Å². The quantitative estimate of drug-likeness (QED) is 0.804. The summed E-state index contributed by atoms with van der Waals surface area (Å²) in [5.41, 5.74) is 5.57. The van der Waals surface area contributed by atoms with Crippen molar-refractivity contribution in [2.75, 3.05) is 18.8 Å². The summed E-state index contributed by atoms with van der Waals surface area (Å²) >= 11 is 5.61. The summed E-state index contributed by atoms with van der Waals surface area (Å²) in [6.07, 6.45) is 0.327. The largest absolute Gasteiger partial charge is 0.399 e. The molecular weight excluding hydrogens is 295 g/mol. The number of halogens is 2. The Hall–Kier alpha value is -0.890. The molecule has 1 aliphatic heterocycles. The third-order valence-corrected chi connectivity index (χ3v) is 5.13. The van der Waals surface area contributed by atoms with Crippen LogP contribution in [0.15, 0.2) is 17.0 Å². The van der Waals surface area contributed by atoms with Crippen molar-refractivity contribution in [1.82, 2.24) is 4.31 Å². The Morgan fingerprint density at radius 1 is 1.47 bits per heavy atom. The number of aliphatic hydroxyl groups is 1. The molecule has 1 atom stereocenters. The van der Waals surface area contributed by atoms with Gasteiger partial charge in [0, 0.05) is 18.8 Å². The van der Waals surface area contributed by atoms with Crippen LogP contribution in [0.5, 0.6) is 0 Å². The topological polar surface area (TPSA) is 83.6 Å². The highest BCUT2D eigenvalue weighted by molar-refractivity contribution is 7.89. The summed E-state index contributed by atoms with van der Waals surface area (Å²) in [6.45, 7) is 0.194. The first kappa shape index (κ1) is 14.5. The number of nitrogens with two attached hydrogens (primary N) is 1. The van der Waals surface area contributed by atoms with Crippen LogP contribution < -0.4 is 5.73 Å². The maximum Gasteiger partial charge on any atom is 0.246 e. The van der Waals surface area contributed by atoms with Crippen molar-refractivity contribution in [2.24, 2.45) is 0 Å². The standard InChI is InChI=1S/C11H14ClFN2O3S/c12-9-4-7(14)5-10(11(9)13)19(17,18)15-3-1-2-8(16)6-15/h4-5,8,16H,1-3,6,14H2/t8-/m0/s1. The summed E-state index contributed by atoms with van der Waals surface area (Å²) in [6, 6.07) is 2.19. The molecule has 0 amide bonds. The molecule has 1 aromatic rings. The van der Waals surface area contributed by atoms with Gasteiger partial charge in [0.1, 0.15) is 4.90 Å². The molecule has 0 aliphatic carbocycles. The highest BCUT2D eigenvalue weighted by atomic mass is 35.5. The van der Waals surface area contributed by atoms with Gasteiger partial charge in [0.25, 0.3) is 0 Å². The fraction of sp³-hybridized carbons (Fsp3) is 0.455. The van der Waals surface area contributed by atoms with E-state index in [1.54, 1.807) is 0 Å². The molecule has 5 nitrogen and oxygen atoms in total. The normalized spacial score (nSPS) is 21.5. The van der Waals surface area contributed by atoms with Crippen molar-refractivity contribution in [3.8, 4) is 0 Å². The first-order chi connectivity index (χ1) is 8.82. The molecule has 8 heteroatoms. The Balaban J connectivity index is 2.45. The highest BCUT2D eigenvalue weighted by Crippen LogP contribution is 2.29. The van der Waals surface area contributed by atoms with E-state index in [0.717, 1.165) is 16.4 Å². The molecule has 1 aliphatic rings. The molecule has 1 aromatic carbocycles. The fourth-order valence-electron chi connectivity index (χ4n) is 2.05. The number of benzene rings is 1. The van der Waals surface area contributed by atoms with Crippen LogP contribution in [0.3, 0.4) is 0 Å². The average Bonchev–Trinajstić information content (AvgIpc) is 2.33. The molecule has 0 aromatic heterocycles. The van der Waals surface area contributed by atoms with Gasteiger partial charge in [-0.25, -0.2) is 12.8 Å². The summed E-state index contributed by atoms with van der Waals surface area (Å²) in [5.74, 6) is -1.02. The summed E-state index contributed by atoms with van der Waals surface area (Å²) in [7, 11) is -4.04. The van der Waals surface area contributed by atoms with Crippen LogP contribution in [0.1, 0.15) is 12.8 Å². The van der Waals surface area contributed by atoms with Gasteiger partial charge in [-0.1, -0.05) is 11.6 Å². The third kappa shape index (κ3) is 2.84. The molecule has 19 heavy (non-hydrogen) atoms. The van der Waals surface area contributed by atoms with Crippen LogP contribution >= 0.6 is 11.6 Å². The minimum atomic E-state index is -4.04. The average molecular weight is 309 g/mol. The van der Waals surface area contributed by atoms with Crippen molar-refractivity contribution in [3.63, 3.8) is 0 Å². The number of nitrogens with zero attached hydrogens (tertiary/aromatic N) is 1. The summed E-state index contributed by atoms with van der Waals surface area (Å²) in [5, 5.41) is 9.18. The number of hydrogen-bond acceptors (Lipinski definition) is 4. The lowest BCUT2D eigenvalue weighted by Gasteiger charge is -2.29. The van der Waals surface area contributed by atoms with Gasteiger partial charge in [0.05, 0.1) is 11.1 Å². The first-order valence-corrected chi connectivity index (χ1v) is 7.57. The molecule has 106 valence electrons. The molecule has 1 heterocycles. The minimum absolute atomic E-state index is 0.0474. The monoisotopic (exact) mass is 308 g/mol. The van der Waals surface area contributed by atoms with E-state index in [1.807, 2.05) is 0 Å². The molecule has 2 rings (SSSR count). The van der Waals surface area contributed by atoms with Gasteiger partial charge in [-0.05, 0) is 25.0 Å². The number of rotatable bonds is 2. The zero-order valence-electron chi connectivity index (χ0n) is 10.0. The lowest BCUT2D eigenvalue weighted by atomic mass is 10.1. The second-order valence-electron chi connectivity index (χ2n) is 4.47. The highest BCUT2D eigenvalue weighted by Gasteiger charge is 2.32. The molecule has 1 saturated heterocycles. The number of sulfonamides is 1. The number of anilines is 1. The minimum Gasteiger partial charge on any atom is -0.399 e. The predicted molar refractivity (Wildman–Crippen MR) is 69.8 cm³/mol. The second-order valence-corrected chi connectivity index (χ2v) is 6.79. The van der Waals surface area contributed by atoms with Gasteiger partial charge in [-0.15, -0.1) is 0 Å². The molecule has 0 spiro atoms. The lowest BCUT2D eigenvalue weighted by Crippen LogP contribution is -2.42. The Kier molecular flexibility index (Phi) is 4.00. The van der Waals surface area contributed by atoms with E-state index < -0.39 is 26.8 Å². The van der Waals surface area contributed by atoms with Gasteiger partial charge in [-0.2, -0.15) is 4.31 Å². The molecule has 0 bridgehead atoms. The van der Waals surface area contributed by atoms with Crippen molar-refractivity contribution < 1.29 is 17.9 Å². The van der Waals surface area contributed by atoms with Crippen LogP contribution in [-0.4, -0.2) is 37.0 Å². The second kappa shape index (κ2) is 5.24. The molecule has 0 saturated carbocycles. The molecule has 0 radical (unpaired) electrons. The van der Waals surface area contributed by atoms with Gasteiger partial charge < -0.3 is 10.8 Å². The number of β-amino-alcohol motifs (C(OH)–C–C–N with tert-alkyl or cyclic N) is 1. The van der Waals surface area contributed by atoms with Gasteiger partial charge >= 0.3 is 0 Å². The number of aliphatic hydroxyl groups excluding tert-OH is 1. The van der Waals surface area contributed by atoms with Crippen LogP contribution in [-0.2, 0) is 10.0 Å². The molecule has 1 fully saturated rings. The Bertz CT molecular complexity index is 594. The van der Waals surface area contributed by atoms with Crippen molar-refractivity contribution in [3.05, 3.63) is 23.0 Å². The van der Waals surface area contributed by atoms with Crippen LogP contribution in [0, 0.1) is 5.82 Å². The van der Waals surface area contributed by atoms with Crippen LogP contribution in [0.2, 0.25) is 5.02 Å². The molecule has 0 unspecified atom stereocenters. The summed E-state index contributed by atoms with van der Waals surface area (Å²) < 4.78 is 39.6. The van der Waals surface area contributed by atoms with Crippen LogP contribution in [0.25, 0.3) is 0 Å². The number of hydrogen-bond donors (Lipinski definition) is 2. The maximum absolute atomic E-state index is 13.9. The zero-order valence-corrected chi connectivity index (χ0v) is 11.6. The van der Waals surface area contributed by atoms with E-state index >= 15 is 0 Å². The van der Waals surface area contributed by atoms with E-state index in [9.17, 15) is 17.9 Å². The Morgan fingerprint density at radius 2 is 2.16 bits per heavy atom. The van der Waals surface area contributed by atoms with E-state index in [1.165, 1.54) is 0 Å².